The van der Waals surface area contributed by atoms with Crippen molar-refractivity contribution < 1.29 is 0 Å². The molecule has 88 valence electrons. The quantitative estimate of drug-likeness (QED) is 0.844. The van der Waals surface area contributed by atoms with Crippen LogP contribution in [0.2, 0.25) is 0 Å². The lowest BCUT2D eigenvalue weighted by Crippen LogP contribution is -2.29. The molecular formula is C13H13BrN2S. The van der Waals surface area contributed by atoms with Gasteiger partial charge in [-0.3, -0.25) is 9.88 Å². The lowest BCUT2D eigenvalue weighted by atomic mass is 10.1. The number of rotatable bonds is 2. The van der Waals surface area contributed by atoms with Gasteiger partial charge in [-0.25, -0.2) is 0 Å². The average Bonchev–Trinajstić information content (AvgIpc) is 2.70. The van der Waals surface area contributed by atoms with E-state index in [0.717, 1.165) is 19.6 Å². The van der Waals surface area contributed by atoms with Crippen LogP contribution >= 0.6 is 27.3 Å². The zero-order valence-corrected chi connectivity index (χ0v) is 11.8. The number of thiophene rings is 1. The third kappa shape index (κ3) is 2.59. The van der Waals surface area contributed by atoms with Crippen LogP contribution in [0.1, 0.15) is 16.0 Å². The molecule has 0 N–H and O–H groups in total. The van der Waals surface area contributed by atoms with Crippen molar-refractivity contribution in [3.63, 3.8) is 0 Å². The van der Waals surface area contributed by atoms with Gasteiger partial charge in [0.2, 0.25) is 0 Å². The van der Waals surface area contributed by atoms with E-state index in [4.69, 9.17) is 0 Å². The summed E-state index contributed by atoms with van der Waals surface area (Å²) >= 11 is 5.45. The minimum atomic E-state index is 1.00. The highest BCUT2D eigenvalue weighted by atomic mass is 79.9. The summed E-state index contributed by atoms with van der Waals surface area (Å²) in [7, 11) is 0. The van der Waals surface area contributed by atoms with Crippen LogP contribution in [0.4, 0.5) is 0 Å². The van der Waals surface area contributed by atoms with Crippen LogP contribution in [0.3, 0.4) is 0 Å². The van der Waals surface area contributed by atoms with E-state index in [1.54, 1.807) is 4.88 Å². The fourth-order valence-electron chi connectivity index (χ4n) is 2.24. The van der Waals surface area contributed by atoms with Crippen molar-refractivity contribution in [2.45, 2.75) is 19.5 Å². The van der Waals surface area contributed by atoms with E-state index in [9.17, 15) is 0 Å². The Morgan fingerprint density at radius 2 is 2.41 bits per heavy atom. The average molecular weight is 309 g/mol. The zero-order chi connectivity index (χ0) is 11.7. The molecule has 4 heteroatoms. The lowest BCUT2D eigenvalue weighted by molar-refractivity contribution is 0.247. The van der Waals surface area contributed by atoms with Gasteiger partial charge in [-0.05, 0) is 45.6 Å². The molecule has 0 saturated heterocycles. The van der Waals surface area contributed by atoms with Crippen molar-refractivity contribution in [3.05, 3.63) is 50.4 Å². The van der Waals surface area contributed by atoms with Crippen molar-refractivity contribution in [1.29, 1.82) is 0 Å². The maximum Gasteiger partial charge on any atom is 0.0704 e. The lowest BCUT2D eigenvalue weighted by Gasteiger charge is -2.26. The molecular weight excluding hydrogens is 296 g/mol. The van der Waals surface area contributed by atoms with Crippen LogP contribution in [0.15, 0.2) is 34.4 Å². The molecule has 2 nitrogen and oxygen atoms in total. The summed E-state index contributed by atoms with van der Waals surface area (Å²) < 4.78 is 1.26. The number of aromatic nitrogens is 1. The molecule has 1 aliphatic rings. The summed E-state index contributed by atoms with van der Waals surface area (Å²) in [6.07, 6.45) is 4.96. The van der Waals surface area contributed by atoms with Crippen LogP contribution in [0, 0.1) is 0 Å². The van der Waals surface area contributed by atoms with Gasteiger partial charge in [0.15, 0.2) is 0 Å². The normalized spacial score (nSPS) is 15.8. The third-order valence-corrected chi connectivity index (χ3v) is 4.78. The Morgan fingerprint density at radius 3 is 3.24 bits per heavy atom. The molecule has 0 amide bonds. The first kappa shape index (κ1) is 11.4. The molecule has 0 aromatic carbocycles. The van der Waals surface area contributed by atoms with Crippen molar-refractivity contribution in [3.8, 4) is 0 Å². The molecule has 0 bridgehead atoms. The highest BCUT2D eigenvalue weighted by Gasteiger charge is 2.18. The van der Waals surface area contributed by atoms with E-state index >= 15 is 0 Å². The van der Waals surface area contributed by atoms with E-state index < -0.39 is 0 Å². The first-order valence-electron chi connectivity index (χ1n) is 5.69. The summed E-state index contributed by atoms with van der Waals surface area (Å²) in [5.74, 6) is 0. The molecule has 2 aromatic rings. The molecule has 0 fully saturated rings. The van der Waals surface area contributed by atoms with Gasteiger partial charge >= 0.3 is 0 Å². The third-order valence-electron chi connectivity index (χ3n) is 3.04. The van der Waals surface area contributed by atoms with Gasteiger partial charge in [-0.15, -0.1) is 11.3 Å². The Kier molecular flexibility index (Phi) is 3.27. The maximum atomic E-state index is 4.17. The van der Waals surface area contributed by atoms with Crippen LogP contribution in [-0.2, 0) is 19.5 Å². The van der Waals surface area contributed by atoms with Crippen LogP contribution in [-0.4, -0.2) is 16.4 Å². The molecule has 0 unspecified atom stereocenters. The minimum Gasteiger partial charge on any atom is -0.294 e. The second-order valence-electron chi connectivity index (χ2n) is 4.32. The van der Waals surface area contributed by atoms with Crippen molar-refractivity contribution >= 4 is 27.3 Å². The standard InChI is InChI=1S/C13H13BrN2S/c14-13-6-11-9-16(5-3-12(11)17-13)8-10-2-1-4-15-7-10/h1-2,4,6-7H,3,5,8-9H2. The second kappa shape index (κ2) is 4.88. The number of pyridine rings is 1. The summed E-state index contributed by atoms with van der Waals surface area (Å²) in [4.78, 5) is 8.19. The summed E-state index contributed by atoms with van der Waals surface area (Å²) in [6, 6.07) is 6.41. The Hall–Kier alpha value is -0.710. The fourth-order valence-corrected chi connectivity index (χ4v) is 3.99. The fraction of sp³-hybridized carbons (Fsp3) is 0.308. The van der Waals surface area contributed by atoms with Crippen LogP contribution in [0.5, 0.6) is 0 Å². The van der Waals surface area contributed by atoms with Crippen molar-refractivity contribution in [1.82, 2.24) is 9.88 Å². The van der Waals surface area contributed by atoms with Gasteiger partial charge in [0.1, 0.15) is 0 Å². The highest BCUT2D eigenvalue weighted by Crippen LogP contribution is 2.31. The monoisotopic (exact) mass is 308 g/mol. The molecule has 0 aliphatic carbocycles. The van der Waals surface area contributed by atoms with Crippen LogP contribution in [0.25, 0.3) is 0 Å². The van der Waals surface area contributed by atoms with Gasteiger partial charge in [-0.1, -0.05) is 6.07 Å². The molecule has 3 rings (SSSR count). The predicted octanol–water partition coefficient (Wildman–Crippen LogP) is 3.46. The molecule has 0 spiro atoms. The van der Waals surface area contributed by atoms with Gasteiger partial charge < -0.3 is 0 Å². The molecule has 0 atom stereocenters. The molecule has 0 saturated carbocycles. The van der Waals surface area contributed by atoms with E-state index in [2.05, 4.69) is 37.9 Å². The Morgan fingerprint density at radius 1 is 1.47 bits per heavy atom. The van der Waals surface area contributed by atoms with E-state index in [-0.39, 0.29) is 0 Å². The Labute approximate surface area is 113 Å². The zero-order valence-electron chi connectivity index (χ0n) is 9.40. The van der Waals surface area contributed by atoms with Gasteiger partial charge in [0.25, 0.3) is 0 Å². The van der Waals surface area contributed by atoms with E-state index in [0.29, 0.717) is 0 Å². The number of hydrogen-bond donors (Lipinski definition) is 0. The highest BCUT2D eigenvalue weighted by molar-refractivity contribution is 9.11. The second-order valence-corrected chi connectivity index (χ2v) is 6.84. The maximum absolute atomic E-state index is 4.17. The van der Waals surface area contributed by atoms with Gasteiger partial charge in [0.05, 0.1) is 3.79 Å². The molecule has 17 heavy (non-hydrogen) atoms. The van der Waals surface area contributed by atoms with Crippen LogP contribution < -0.4 is 0 Å². The van der Waals surface area contributed by atoms with E-state index in [1.807, 2.05) is 29.8 Å². The predicted molar refractivity (Wildman–Crippen MR) is 74.1 cm³/mol. The van der Waals surface area contributed by atoms with Crippen molar-refractivity contribution in [2.24, 2.45) is 0 Å². The Balaban J connectivity index is 1.72. The van der Waals surface area contributed by atoms with E-state index in [1.165, 1.54) is 21.3 Å². The minimum absolute atomic E-state index is 1.00. The molecule has 2 aromatic heterocycles. The number of nitrogens with zero attached hydrogens (tertiary/aromatic N) is 2. The first-order valence-corrected chi connectivity index (χ1v) is 7.30. The summed E-state index contributed by atoms with van der Waals surface area (Å²) in [5.41, 5.74) is 2.78. The Bertz CT molecular complexity index is 509. The summed E-state index contributed by atoms with van der Waals surface area (Å²) in [6.45, 7) is 3.21. The summed E-state index contributed by atoms with van der Waals surface area (Å²) in [5, 5.41) is 0. The smallest absolute Gasteiger partial charge is 0.0704 e. The van der Waals surface area contributed by atoms with Gasteiger partial charge in [0, 0.05) is 36.9 Å². The molecule has 3 heterocycles. The number of hydrogen-bond acceptors (Lipinski definition) is 3. The molecule has 0 radical (unpaired) electrons. The van der Waals surface area contributed by atoms with Gasteiger partial charge in [-0.2, -0.15) is 0 Å². The number of fused-ring (bicyclic) bond motifs is 1. The molecule has 1 aliphatic heterocycles. The van der Waals surface area contributed by atoms with Crippen molar-refractivity contribution in [2.75, 3.05) is 6.54 Å². The topological polar surface area (TPSA) is 16.1 Å². The largest absolute Gasteiger partial charge is 0.294 e. The number of halogens is 1. The first-order chi connectivity index (χ1) is 8.31. The SMILES string of the molecule is Brc1cc2c(s1)CCN(Cc1cccnc1)C2.